The lowest BCUT2D eigenvalue weighted by Gasteiger charge is -2.32. The Morgan fingerprint density at radius 3 is 2.39 bits per heavy atom. The Hall–Kier alpha value is -3.31. The lowest BCUT2D eigenvalue weighted by molar-refractivity contribution is -0.118. The van der Waals surface area contributed by atoms with Crippen LogP contribution in [0.4, 0.5) is 5.82 Å². The highest BCUT2D eigenvalue weighted by molar-refractivity contribution is 5.94. The summed E-state index contributed by atoms with van der Waals surface area (Å²) in [5, 5.41) is 15.9. The first-order valence-corrected chi connectivity index (χ1v) is 11.3. The predicted octanol–water partition coefficient (Wildman–Crippen LogP) is 6.39. The van der Waals surface area contributed by atoms with E-state index >= 15 is 0 Å². The number of nitrogens with one attached hydrogen (secondary N) is 1. The van der Waals surface area contributed by atoms with Gasteiger partial charge >= 0.3 is 0 Å². The van der Waals surface area contributed by atoms with Gasteiger partial charge in [0.05, 0.1) is 5.69 Å². The quantitative estimate of drug-likeness (QED) is 0.376. The molecule has 0 spiro atoms. The number of hydrogen-bond acceptors (Lipinski definition) is 4. The third-order valence-electron chi connectivity index (χ3n) is 6.10. The summed E-state index contributed by atoms with van der Waals surface area (Å²) in [6, 6.07) is 9.96. The number of hydrogen-bond donors (Lipinski definition) is 2. The molecule has 33 heavy (non-hydrogen) atoms. The molecule has 3 rings (SSSR count). The van der Waals surface area contributed by atoms with E-state index in [0.29, 0.717) is 24.4 Å². The van der Waals surface area contributed by atoms with Crippen LogP contribution in [0.3, 0.4) is 0 Å². The number of rotatable bonds is 9. The van der Waals surface area contributed by atoms with E-state index in [-0.39, 0.29) is 11.8 Å². The third kappa shape index (κ3) is 5.37. The van der Waals surface area contributed by atoms with E-state index in [0.717, 1.165) is 27.5 Å². The Balaban J connectivity index is 1.90. The summed E-state index contributed by atoms with van der Waals surface area (Å²) < 4.78 is 0. The van der Waals surface area contributed by atoms with Crippen molar-refractivity contribution in [2.45, 2.75) is 46.6 Å². The molecule has 0 bridgehead atoms. The first-order valence-electron chi connectivity index (χ1n) is 11.3. The van der Waals surface area contributed by atoms with Gasteiger partial charge in [-0.25, -0.2) is 4.98 Å². The largest absolute Gasteiger partial charge is 0.386 e. The summed E-state index contributed by atoms with van der Waals surface area (Å²) in [4.78, 5) is 20.9. The number of amides is 1. The van der Waals surface area contributed by atoms with E-state index < -0.39 is 11.5 Å². The molecule has 1 atom stereocenters. The Kier molecular flexibility index (Phi) is 7.44. The Morgan fingerprint density at radius 1 is 1.09 bits per heavy atom. The topological polar surface area (TPSA) is 75.1 Å². The first-order chi connectivity index (χ1) is 15.7. The molecule has 0 fully saturated rings. The van der Waals surface area contributed by atoms with Crippen molar-refractivity contribution < 1.29 is 9.90 Å². The van der Waals surface area contributed by atoms with Gasteiger partial charge in [0.1, 0.15) is 11.9 Å². The zero-order chi connectivity index (χ0) is 24.2. The van der Waals surface area contributed by atoms with Gasteiger partial charge in [-0.3, -0.25) is 9.78 Å². The molecule has 5 heteroatoms. The van der Waals surface area contributed by atoms with Gasteiger partial charge in [0.2, 0.25) is 5.91 Å². The highest BCUT2D eigenvalue weighted by Crippen LogP contribution is 2.40. The van der Waals surface area contributed by atoms with Gasteiger partial charge in [0, 0.05) is 34.7 Å². The summed E-state index contributed by atoms with van der Waals surface area (Å²) in [5.41, 5.74) is 3.30. The van der Waals surface area contributed by atoms with Crippen molar-refractivity contribution in [1.82, 2.24) is 9.97 Å². The van der Waals surface area contributed by atoms with Crippen molar-refractivity contribution in [1.29, 1.82) is 0 Å². The Labute approximate surface area is 196 Å². The summed E-state index contributed by atoms with van der Waals surface area (Å²) in [5.74, 6) is 0.389. The number of aliphatic hydroxyl groups excluding tert-OH is 1. The number of aromatic nitrogens is 2. The fourth-order valence-electron chi connectivity index (χ4n) is 4.00. The molecule has 3 aromatic rings. The van der Waals surface area contributed by atoms with E-state index in [1.807, 2.05) is 70.3 Å². The molecule has 0 aliphatic rings. The van der Waals surface area contributed by atoms with Gasteiger partial charge in [-0.1, -0.05) is 45.1 Å². The maximum absolute atomic E-state index is 11.9. The van der Waals surface area contributed by atoms with Crippen molar-refractivity contribution in [2.24, 2.45) is 11.3 Å². The van der Waals surface area contributed by atoms with E-state index in [1.165, 1.54) is 0 Å². The number of nitrogens with zero attached hydrogens (tertiary/aromatic N) is 2. The Bertz CT molecular complexity index is 1170. The standard InChI is InChI=1S/C28H33N3O2/c1-7-11-28(6,12-8-2)26(32)24-13-19(5)23(17-29-24)21-10-9-20-15-25(30-16-22(20)14-21)31-27(33)18(3)4/h7-10,13-18,26,32H,1-2,11-12H2,3-6H3,(H,30,31,33). The van der Waals surface area contributed by atoms with Gasteiger partial charge in [-0.15, -0.1) is 13.2 Å². The summed E-state index contributed by atoms with van der Waals surface area (Å²) in [7, 11) is 0. The fourth-order valence-corrected chi connectivity index (χ4v) is 4.00. The summed E-state index contributed by atoms with van der Waals surface area (Å²) in [6.07, 6.45) is 7.86. The zero-order valence-electron chi connectivity index (χ0n) is 19.9. The zero-order valence-corrected chi connectivity index (χ0v) is 19.9. The van der Waals surface area contributed by atoms with Crippen molar-refractivity contribution in [3.8, 4) is 11.1 Å². The third-order valence-corrected chi connectivity index (χ3v) is 6.10. The molecule has 5 nitrogen and oxygen atoms in total. The number of carbonyl (C=O) groups excluding carboxylic acids is 1. The van der Waals surface area contributed by atoms with E-state index in [1.54, 1.807) is 6.20 Å². The minimum Gasteiger partial charge on any atom is -0.386 e. The van der Waals surface area contributed by atoms with Crippen molar-refractivity contribution in [3.05, 3.63) is 79.3 Å². The number of aryl methyl sites for hydroxylation is 1. The SMILES string of the molecule is C=CCC(C)(CC=C)C(O)c1cc(C)c(-c2ccc3cc(NC(=O)C(C)C)ncc3c2)cn1. The number of aliphatic hydroxyl groups is 1. The molecular formula is C28H33N3O2. The molecule has 0 radical (unpaired) electrons. The number of anilines is 1. The Morgan fingerprint density at radius 2 is 1.79 bits per heavy atom. The highest BCUT2D eigenvalue weighted by Gasteiger charge is 2.33. The molecular weight excluding hydrogens is 410 g/mol. The van der Waals surface area contributed by atoms with Gasteiger partial charge < -0.3 is 10.4 Å². The second-order valence-corrected chi connectivity index (χ2v) is 9.24. The molecule has 0 saturated carbocycles. The van der Waals surface area contributed by atoms with Crippen molar-refractivity contribution in [2.75, 3.05) is 5.32 Å². The number of allylic oxidation sites excluding steroid dienone is 2. The molecule has 1 aromatic carbocycles. The molecule has 172 valence electrons. The van der Waals surface area contributed by atoms with Crippen LogP contribution in [0.15, 0.2) is 68.0 Å². The molecule has 1 amide bonds. The monoisotopic (exact) mass is 443 g/mol. The lowest BCUT2D eigenvalue weighted by atomic mass is 9.76. The second-order valence-electron chi connectivity index (χ2n) is 9.24. The minimum absolute atomic E-state index is 0.0558. The normalized spacial score (nSPS) is 12.5. The number of carbonyl (C=O) groups is 1. The van der Waals surface area contributed by atoms with Crippen LogP contribution in [-0.2, 0) is 4.79 Å². The van der Waals surface area contributed by atoms with Gasteiger partial charge in [-0.05, 0) is 54.5 Å². The number of fused-ring (bicyclic) bond motifs is 1. The van der Waals surface area contributed by atoms with Crippen LogP contribution in [0.2, 0.25) is 0 Å². The van der Waals surface area contributed by atoms with Crippen LogP contribution in [0.1, 0.15) is 51.0 Å². The van der Waals surface area contributed by atoms with Crippen LogP contribution in [0, 0.1) is 18.3 Å². The average molecular weight is 444 g/mol. The van der Waals surface area contributed by atoms with Gasteiger partial charge in [0.15, 0.2) is 0 Å². The second kappa shape index (κ2) is 10.1. The molecule has 0 aliphatic heterocycles. The van der Waals surface area contributed by atoms with Crippen LogP contribution in [0.25, 0.3) is 21.9 Å². The lowest BCUT2D eigenvalue weighted by Crippen LogP contribution is -2.25. The van der Waals surface area contributed by atoms with Crippen LogP contribution >= 0.6 is 0 Å². The number of benzene rings is 1. The minimum atomic E-state index is -0.721. The molecule has 2 aromatic heterocycles. The first kappa shape index (κ1) is 24.3. The molecule has 0 saturated heterocycles. The maximum atomic E-state index is 11.9. The van der Waals surface area contributed by atoms with Crippen LogP contribution in [-0.4, -0.2) is 21.0 Å². The van der Waals surface area contributed by atoms with E-state index in [4.69, 9.17) is 0 Å². The molecule has 2 heterocycles. The summed E-state index contributed by atoms with van der Waals surface area (Å²) >= 11 is 0. The van der Waals surface area contributed by atoms with Gasteiger partial charge in [0.25, 0.3) is 0 Å². The number of pyridine rings is 2. The van der Waals surface area contributed by atoms with Crippen LogP contribution in [0.5, 0.6) is 0 Å². The van der Waals surface area contributed by atoms with Crippen molar-refractivity contribution in [3.63, 3.8) is 0 Å². The molecule has 2 N–H and O–H groups in total. The summed E-state index contributed by atoms with van der Waals surface area (Å²) in [6.45, 7) is 15.4. The highest BCUT2D eigenvalue weighted by atomic mass is 16.3. The fraction of sp³-hybridized carbons (Fsp3) is 0.321. The molecule has 1 unspecified atom stereocenters. The average Bonchev–Trinajstić information content (AvgIpc) is 2.78. The smallest absolute Gasteiger partial charge is 0.228 e. The van der Waals surface area contributed by atoms with E-state index in [2.05, 4.69) is 34.5 Å². The molecule has 0 aliphatic carbocycles. The predicted molar refractivity (Wildman–Crippen MR) is 136 cm³/mol. The maximum Gasteiger partial charge on any atom is 0.228 e. The van der Waals surface area contributed by atoms with Crippen LogP contribution < -0.4 is 5.32 Å². The van der Waals surface area contributed by atoms with Gasteiger partial charge in [-0.2, -0.15) is 0 Å². The van der Waals surface area contributed by atoms with Crippen molar-refractivity contribution >= 4 is 22.5 Å². The van der Waals surface area contributed by atoms with E-state index in [9.17, 15) is 9.90 Å².